The van der Waals surface area contributed by atoms with E-state index >= 15 is 0 Å². The fourth-order valence-corrected chi connectivity index (χ4v) is 0.167. The molecule has 0 atom stereocenters. The molecule has 0 unspecified atom stereocenters. The third kappa shape index (κ3) is 11.2. The topological polar surface area (TPSA) is 61.1 Å². The fraction of sp³-hybridized carbons (Fsp3) is 0.500. The molecule has 3 nitrogen and oxygen atoms in total. The van der Waals surface area contributed by atoms with Gasteiger partial charge in [-0.05, 0) is 5.05 Å². The Morgan fingerprint density at radius 1 is 1.86 bits per heavy atom. The normalized spacial score (nSPS) is 7.00. The SMILES string of the molecule is NNCC([O-])=S.[K+]. The first kappa shape index (κ1) is 11.3. The van der Waals surface area contributed by atoms with Crippen molar-refractivity contribution in [1.29, 1.82) is 0 Å². The molecule has 5 heteroatoms. The van der Waals surface area contributed by atoms with E-state index in [2.05, 4.69) is 17.6 Å². The molecule has 0 heterocycles. The van der Waals surface area contributed by atoms with Gasteiger partial charge < -0.3 is 5.11 Å². The van der Waals surface area contributed by atoms with E-state index in [1.54, 1.807) is 0 Å². The number of hydrogen-bond acceptors (Lipinski definition) is 4. The fourth-order valence-electron chi connectivity index (χ4n) is 0.0833. The van der Waals surface area contributed by atoms with Crippen molar-refractivity contribution in [3.8, 4) is 0 Å². The van der Waals surface area contributed by atoms with E-state index in [1.807, 2.05) is 0 Å². The van der Waals surface area contributed by atoms with Crippen LogP contribution in [0.2, 0.25) is 0 Å². The van der Waals surface area contributed by atoms with Crippen molar-refractivity contribution in [3.63, 3.8) is 0 Å². The minimum atomic E-state index is -0.363. The van der Waals surface area contributed by atoms with Crippen molar-refractivity contribution in [2.75, 3.05) is 6.54 Å². The molecule has 0 aromatic rings. The number of nitrogens with one attached hydrogen (secondary N) is 1. The van der Waals surface area contributed by atoms with Gasteiger partial charge in [-0.25, -0.2) is 0 Å². The van der Waals surface area contributed by atoms with E-state index in [4.69, 9.17) is 5.84 Å². The van der Waals surface area contributed by atoms with Gasteiger partial charge in [-0.1, -0.05) is 0 Å². The standard InChI is InChI=1S/C2H6N2OS.K/c3-4-1-2(5)6;/h4H,1,3H2,(H,5,6);/q;+1/p-1. The monoisotopic (exact) mass is 144 g/mol. The van der Waals surface area contributed by atoms with Gasteiger partial charge in [-0.2, -0.15) is 0 Å². The van der Waals surface area contributed by atoms with Crippen LogP contribution in [0.1, 0.15) is 0 Å². The first-order valence-electron chi connectivity index (χ1n) is 1.40. The third-order valence-corrected chi connectivity index (χ3v) is 0.391. The van der Waals surface area contributed by atoms with Gasteiger partial charge in [0.05, 0.1) is 0 Å². The van der Waals surface area contributed by atoms with Crippen LogP contribution in [0.4, 0.5) is 0 Å². The predicted molar refractivity (Wildman–Crippen MR) is 24.8 cm³/mol. The Balaban J connectivity index is 0. The zero-order valence-electron chi connectivity index (χ0n) is 4.10. The Hall–Kier alpha value is 1.45. The molecule has 0 spiro atoms. The number of hydrazine groups is 1. The second-order valence-electron chi connectivity index (χ2n) is 0.753. The van der Waals surface area contributed by atoms with Crippen LogP contribution in [0.3, 0.4) is 0 Å². The summed E-state index contributed by atoms with van der Waals surface area (Å²) in [5.41, 5.74) is 2.11. The summed E-state index contributed by atoms with van der Waals surface area (Å²) in [5.74, 6) is 4.69. The van der Waals surface area contributed by atoms with Crippen LogP contribution in [-0.4, -0.2) is 11.6 Å². The maximum Gasteiger partial charge on any atom is 1.00 e. The first-order valence-corrected chi connectivity index (χ1v) is 1.81. The van der Waals surface area contributed by atoms with Crippen LogP contribution in [0.25, 0.3) is 0 Å². The quantitative estimate of drug-likeness (QED) is 0.177. The van der Waals surface area contributed by atoms with Crippen molar-refractivity contribution in [1.82, 2.24) is 5.43 Å². The van der Waals surface area contributed by atoms with Crippen molar-refractivity contribution < 1.29 is 56.5 Å². The van der Waals surface area contributed by atoms with Gasteiger partial charge in [-0.3, -0.25) is 11.3 Å². The second-order valence-corrected chi connectivity index (χ2v) is 1.21. The number of nitrogens with two attached hydrogens (primary N) is 1. The largest absolute Gasteiger partial charge is 1.00 e. The van der Waals surface area contributed by atoms with Crippen LogP contribution < -0.4 is 67.8 Å². The predicted octanol–water partition coefficient (Wildman–Crippen LogP) is -4.86. The van der Waals surface area contributed by atoms with Crippen LogP contribution in [0, 0.1) is 0 Å². The Bertz CT molecular complexity index is 59.7. The number of hydrogen-bond donors (Lipinski definition) is 2. The van der Waals surface area contributed by atoms with Crippen molar-refractivity contribution in [3.05, 3.63) is 0 Å². The Morgan fingerprint density at radius 2 is 2.29 bits per heavy atom. The molecule has 0 aromatic carbocycles. The molecular weight excluding hydrogens is 139 g/mol. The molecule has 0 bridgehead atoms. The summed E-state index contributed by atoms with van der Waals surface area (Å²) in [5, 5.41) is 9.35. The molecule has 0 amide bonds. The molecular formula is C2H5KN2OS. The second kappa shape index (κ2) is 7.45. The zero-order chi connectivity index (χ0) is 4.99. The van der Waals surface area contributed by atoms with Crippen molar-refractivity contribution in [2.45, 2.75) is 0 Å². The van der Waals surface area contributed by atoms with Gasteiger partial charge in [0.2, 0.25) is 0 Å². The Labute approximate surface area is 90.0 Å². The van der Waals surface area contributed by atoms with E-state index in [-0.39, 0.29) is 63.0 Å². The Morgan fingerprint density at radius 3 is 2.29 bits per heavy atom. The van der Waals surface area contributed by atoms with E-state index in [1.165, 1.54) is 0 Å². The van der Waals surface area contributed by atoms with Crippen molar-refractivity contribution in [2.24, 2.45) is 5.84 Å². The van der Waals surface area contributed by atoms with Crippen LogP contribution in [0.15, 0.2) is 0 Å². The minimum Gasteiger partial charge on any atom is -0.867 e. The summed E-state index contributed by atoms with van der Waals surface area (Å²) in [7, 11) is 0. The molecule has 0 radical (unpaired) electrons. The van der Waals surface area contributed by atoms with E-state index in [0.29, 0.717) is 0 Å². The summed E-state index contributed by atoms with van der Waals surface area (Å²) >= 11 is 4.10. The smallest absolute Gasteiger partial charge is 0.867 e. The first-order chi connectivity index (χ1) is 2.77. The average molecular weight is 144 g/mol. The summed E-state index contributed by atoms with van der Waals surface area (Å²) in [6, 6.07) is 0. The van der Waals surface area contributed by atoms with Crippen LogP contribution in [-0.2, 0) is 0 Å². The molecule has 0 aromatic heterocycles. The third-order valence-electron chi connectivity index (χ3n) is 0.246. The van der Waals surface area contributed by atoms with E-state index in [0.717, 1.165) is 0 Å². The van der Waals surface area contributed by atoms with Gasteiger partial charge >= 0.3 is 51.4 Å². The van der Waals surface area contributed by atoms with Crippen molar-refractivity contribution >= 4 is 17.3 Å². The number of thiocarbonyl (C=S) groups is 1. The molecule has 3 N–H and O–H groups in total. The number of rotatable bonds is 2. The maximum atomic E-state index is 9.72. The molecule has 7 heavy (non-hydrogen) atoms. The van der Waals surface area contributed by atoms with Gasteiger partial charge in [0.25, 0.3) is 0 Å². The van der Waals surface area contributed by atoms with Gasteiger partial charge in [0.1, 0.15) is 0 Å². The van der Waals surface area contributed by atoms with Gasteiger partial charge in [0.15, 0.2) is 0 Å². The van der Waals surface area contributed by atoms with Crippen LogP contribution >= 0.6 is 12.2 Å². The molecule has 0 saturated heterocycles. The summed E-state index contributed by atoms with van der Waals surface area (Å²) < 4.78 is 0. The van der Waals surface area contributed by atoms with Gasteiger partial charge in [0, 0.05) is 6.54 Å². The molecule has 0 aliphatic rings. The average Bonchev–Trinajstić information content (AvgIpc) is 1.35. The molecule has 0 aliphatic carbocycles. The molecule has 0 aliphatic heterocycles. The molecule has 0 fully saturated rings. The van der Waals surface area contributed by atoms with E-state index < -0.39 is 0 Å². The molecule has 36 valence electrons. The molecule has 0 saturated carbocycles. The summed E-state index contributed by atoms with van der Waals surface area (Å²) in [6.07, 6.45) is 0. The zero-order valence-corrected chi connectivity index (χ0v) is 8.04. The molecule has 0 rings (SSSR count). The van der Waals surface area contributed by atoms with Crippen LogP contribution in [0.5, 0.6) is 0 Å². The maximum absolute atomic E-state index is 9.72. The van der Waals surface area contributed by atoms with Gasteiger partial charge in [-0.15, -0.1) is 12.2 Å². The Kier molecular flexibility index (Phi) is 12.0. The minimum absolute atomic E-state index is 0. The van der Waals surface area contributed by atoms with E-state index in [9.17, 15) is 5.11 Å². The summed E-state index contributed by atoms with van der Waals surface area (Å²) in [6.45, 7) is 0.0787. The summed E-state index contributed by atoms with van der Waals surface area (Å²) in [4.78, 5) is 0.